The van der Waals surface area contributed by atoms with Crippen LogP contribution in [0.15, 0.2) is 72.8 Å². The summed E-state index contributed by atoms with van der Waals surface area (Å²) in [5.41, 5.74) is 2.63. The van der Waals surface area contributed by atoms with E-state index in [4.69, 9.17) is 0 Å². The smallest absolute Gasteiger partial charge is 0.0449 e. The highest BCUT2D eigenvalue weighted by atomic mass is 32.1. The largest absolute Gasteiger partial charge is 0.134 e. The van der Waals surface area contributed by atoms with Crippen molar-refractivity contribution < 1.29 is 0 Å². The van der Waals surface area contributed by atoms with Gasteiger partial charge in [0.05, 0.1) is 0 Å². The Kier molecular flexibility index (Phi) is 3.25. The van der Waals surface area contributed by atoms with E-state index in [0.29, 0.717) is 0 Å². The molecule has 5 aromatic rings. The molecule has 0 nitrogen and oxygen atoms in total. The molecule has 0 unspecified atom stereocenters. The Hall–Kier alpha value is -2.42. The number of hydrogen-bond acceptors (Lipinski definition) is 2. The Morgan fingerprint density at radius 2 is 0.875 bits per heavy atom. The molecule has 0 aliphatic rings. The molecule has 0 aliphatic carbocycles. The van der Waals surface area contributed by atoms with Gasteiger partial charge in [0.25, 0.3) is 0 Å². The van der Waals surface area contributed by atoms with Gasteiger partial charge in [0.2, 0.25) is 0 Å². The van der Waals surface area contributed by atoms with E-state index in [1.165, 1.54) is 42.4 Å². The average molecular weight is 340 g/mol. The highest BCUT2D eigenvalue weighted by Gasteiger charge is 2.16. The first-order valence-corrected chi connectivity index (χ1v) is 9.43. The first-order chi connectivity index (χ1) is 11.9. The van der Waals surface area contributed by atoms with Gasteiger partial charge in [0.1, 0.15) is 0 Å². The lowest BCUT2D eigenvalue weighted by Gasteiger charge is -2.15. The van der Waals surface area contributed by atoms with E-state index in [1.807, 2.05) is 12.1 Å². The molecule has 3 aromatic carbocycles. The third kappa shape index (κ3) is 2.04. The van der Waals surface area contributed by atoms with Crippen molar-refractivity contribution in [3.05, 3.63) is 83.6 Å². The summed E-state index contributed by atoms with van der Waals surface area (Å²) < 4.78 is 0. The van der Waals surface area contributed by atoms with Crippen LogP contribution in [0.1, 0.15) is 0 Å². The molecule has 0 spiro atoms. The summed E-state index contributed by atoms with van der Waals surface area (Å²) in [7, 11) is 0. The van der Waals surface area contributed by atoms with Crippen LogP contribution in [-0.4, -0.2) is 0 Å². The molecule has 0 saturated heterocycles. The fraction of sp³-hybridized carbons (Fsp3) is 0. The van der Waals surface area contributed by atoms with Crippen molar-refractivity contribution in [1.29, 1.82) is 0 Å². The van der Waals surface area contributed by atoms with Gasteiger partial charge in [0.15, 0.2) is 0 Å². The van der Waals surface area contributed by atoms with E-state index in [-0.39, 0.29) is 0 Å². The fourth-order valence-corrected chi connectivity index (χ4v) is 4.85. The molecule has 0 aliphatic heterocycles. The lowest BCUT2D eigenvalue weighted by Crippen LogP contribution is -1.87. The van der Waals surface area contributed by atoms with E-state index in [0.717, 1.165) is 0 Å². The summed E-state index contributed by atoms with van der Waals surface area (Å²) in [6.07, 6.45) is 0. The van der Waals surface area contributed by atoms with Gasteiger partial charge in [-0.15, -0.1) is 22.7 Å². The lowest BCUT2D eigenvalue weighted by atomic mass is 9.90. The minimum absolute atomic E-state index is 1.27. The second-order valence-electron chi connectivity index (χ2n) is 5.68. The van der Waals surface area contributed by atoms with E-state index in [9.17, 15) is 0 Å². The highest BCUT2D eigenvalue weighted by molar-refractivity contribution is 7.13. The Morgan fingerprint density at radius 3 is 1.17 bits per heavy atom. The maximum absolute atomic E-state index is 3.24. The Bertz CT molecular complexity index is 984. The Balaban J connectivity index is 2.06. The number of thiophene rings is 2. The monoisotopic (exact) mass is 340 g/mol. The predicted molar refractivity (Wildman–Crippen MR) is 106 cm³/mol. The summed E-state index contributed by atoms with van der Waals surface area (Å²) in [4.78, 5) is 2.54. The quantitative estimate of drug-likeness (QED) is 0.302. The van der Waals surface area contributed by atoms with Gasteiger partial charge in [-0.25, -0.2) is 0 Å². The normalized spacial score (nSPS) is 11.3. The van der Waals surface area contributed by atoms with Gasteiger partial charge in [0, 0.05) is 31.6 Å². The van der Waals surface area contributed by atoms with Crippen LogP contribution in [-0.2, 0) is 0 Å². The molecule has 24 heavy (non-hydrogen) atoms. The maximum atomic E-state index is 3.24. The molecule has 0 atom stereocenters. The van der Waals surface area contributed by atoms with Crippen molar-refractivity contribution in [3.63, 3.8) is 0 Å². The summed E-state index contributed by atoms with van der Waals surface area (Å²) in [6.45, 7) is 0. The van der Waals surface area contributed by atoms with Crippen molar-refractivity contribution in [1.82, 2.24) is 0 Å². The SMILES string of the molecule is [c]1ccc(-c2c3ccccc3c(-c3cc[c]s3)c3ccccc23)s1. The van der Waals surface area contributed by atoms with Crippen molar-refractivity contribution in [2.75, 3.05) is 0 Å². The van der Waals surface area contributed by atoms with Crippen molar-refractivity contribution in [2.24, 2.45) is 0 Å². The number of hydrogen-bond donors (Lipinski definition) is 0. The van der Waals surface area contributed by atoms with Crippen LogP contribution >= 0.6 is 22.7 Å². The molecular weight excluding hydrogens is 328 g/mol. The zero-order valence-corrected chi connectivity index (χ0v) is 14.4. The number of benzene rings is 3. The zero-order chi connectivity index (χ0) is 15.9. The molecule has 0 bridgehead atoms. The number of fused-ring (bicyclic) bond motifs is 2. The van der Waals surface area contributed by atoms with Gasteiger partial charge in [-0.2, -0.15) is 0 Å². The molecule has 0 fully saturated rings. The molecule has 2 aromatic heterocycles. The van der Waals surface area contributed by atoms with E-state index in [2.05, 4.69) is 71.4 Å². The van der Waals surface area contributed by atoms with Gasteiger partial charge in [-0.3, -0.25) is 0 Å². The minimum Gasteiger partial charge on any atom is -0.134 e. The summed E-state index contributed by atoms with van der Waals surface area (Å²) >= 11 is 3.36. The Morgan fingerprint density at radius 1 is 0.500 bits per heavy atom. The van der Waals surface area contributed by atoms with Gasteiger partial charge in [-0.1, -0.05) is 48.5 Å². The first kappa shape index (κ1) is 14.0. The van der Waals surface area contributed by atoms with Crippen LogP contribution in [0.5, 0.6) is 0 Å². The molecule has 2 heterocycles. The molecule has 2 heteroatoms. The fourth-order valence-electron chi connectivity index (χ4n) is 3.41. The third-order valence-electron chi connectivity index (χ3n) is 4.37. The zero-order valence-electron chi connectivity index (χ0n) is 12.7. The Labute approximate surface area is 148 Å². The van der Waals surface area contributed by atoms with Crippen LogP contribution in [0.2, 0.25) is 0 Å². The van der Waals surface area contributed by atoms with Crippen molar-refractivity contribution in [2.45, 2.75) is 0 Å². The van der Waals surface area contributed by atoms with Gasteiger partial charge >= 0.3 is 0 Å². The van der Waals surface area contributed by atoms with Crippen LogP contribution in [0.4, 0.5) is 0 Å². The molecule has 0 N–H and O–H groups in total. The maximum Gasteiger partial charge on any atom is 0.0449 e. The van der Waals surface area contributed by atoms with Crippen LogP contribution in [0.25, 0.3) is 42.4 Å². The van der Waals surface area contributed by atoms with Gasteiger partial charge in [-0.05, 0) is 45.8 Å². The van der Waals surface area contributed by atoms with Crippen molar-refractivity contribution >= 4 is 44.2 Å². The molecular formula is C22H12S2. The molecule has 0 amide bonds. The second-order valence-corrected chi connectivity index (χ2v) is 7.44. The summed E-state index contributed by atoms with van der Waals surface area (Å²) in [5, 5.41) is 11.7. The summed E-state index contributed by atoms with van der Waals surface area (Å²) in [5.74, 6) is 0. The topological polar surface area (TPSA) is 0 Å². The standard InChI is InChI=1S/C22H12S2/c1-2-8-16-15(7-1)21(19-11-5-13-23-19)17-9-3-4-10-18(17)22(16)20-12-6-14-24-20/h1-12H. The molecule has 0 saturated carbocycles. The lowest BCUT2D eigenvalue weighted by molar-refractivity contribution is 1.75. The second kappa shape index (κ2) is 5.59. The van der Waals surface area contributed by atoms with Crippen LogP contribution in [0, 0.1) is 10.8 Å². The van der Waals surface area contributed by atoms with E-state index in [1.54, 1.807) is 22.7 Å². The van der Waals surface area contributed by atoms with Gasteiger partial charge < -0.3 is 0 Å². The van der Waals surface area contributed by atoms with Crippen molar-refractivity contribution in [3.8, 4) is 20.9 Å². The average Bonchev–Trinajstić information content (AvgIpc) is 3.33. The summed E-state index contributed by atoms with van der Waals surface area (Å²) in [6, 6.07) is 25.8. The first-order valence-electron chi connectivity index (χ1n) is 7.79. The third-order valence-corrected chi connectivity index (χ3v) is 6.00. The predicted octanol–water partition coefficient (Wildman–Crippen LogP) is 7.05. The molecule has 2 radical (unpaired) electrons. The molecule has 5 rings (SSSR count). The molecule has 112 valence electrons. The number of rotatable bonds is 2. The van der Waals surface area contributed by atoms with E-state index < -0.39 is 0 Å². The van der Waals surface area contributed by atoms with E-state index >= 15 is 0 Å². The van der Waals surface area contributed by atoms with Crippen LogP contribution < -0.4 is 0 Å². The minimum atomic E-state index is 1.27. The van der Waals surface area contributed by atoms with Crippen LogP contribution in [0.3, 0.4) is 0 Å². The highest BCUT2D eigenvalue weighted by Crippen LogP contribution is 2.45.